The first-order chi connectivity index (χ1) is 13.7. The average molecular weight is 380 g/mol. The molecule has 28 heavy (non-hydrogen) atoms. The highest BCUT2D eigenvalue weighted by Gasteiger charge is 2.24. The first-order valence-corrected chi connectivity index (χ1v) is 9.69. The van der Waals surface area contributed by atoms with Gasteiger partial charge in [0.15, 0.2) is 13.2 Å². The fourth-order valence-electron chi connectivity index (χ4n) is 3.76. The van der Waals surface area contributed by atoms with Crippen LogP contribution in [-0.4, -0.2) is 43.0 Å². The van der Waals surface area contributed by atoms with Gasteiger partial charge in [-0.3, -0.25) is 9.59 Å². The van der Waals surface area contributed by atoms with E-state index in [2.05, 4.69) is 29.6 Å². The number of benzene rings is 2. The molecule has 2 amide bonds. The summed E-state index contributed by atoms with van der Waals surface area (Å²) in [6, 6.07) is 15.8. The minimum absolute atomic E-state index is 0.00664. The number of para-hydroxylation sites is 1. The highest BCUT2D eigenvalue weighted by atomic mass is 16.5. The molecule has 2 aromatic carbocycles. The molecule has 2 aliphatic rings. The lowest BCUT2D eigenvalue weighted by molar-refractivity contribution is -0.134. The van der Waals surface area contributed by atoms with Crippen LogP contribution in [0.4, 0.5) is 5.69 Å². The zero-order valence-corrected chi connectivity index (χ0v) is 15.7. The molecule has 146 valence electrons. The number of hydrogen-bond acceptors (Lipinski definition) is 4. The SMILES string of the molecule is O=C1COc2cccc(OCC(=O)N3CCC(Cc4ccccc4)CC3)c2N1. The van der Waals surface area contributed by atoms with Crippen LogP contribution in [0, 0.1) is 5.92 Å². The Morgan fingerprint density at radius 3 is 2.68 bits per heavy atom. The smallest absolute Gasteiger partial charge is 0.262 e. The van der Waals surface area contributed by atoms with Crippen molar-refractivity contribution < 1.29 is 19.1 Å². The van der Waals surface area contributed by atoms with E-state index in [4.69, 9.17) is 9.47 Å². The minimum atomic E-state index is -0.227. The average Bonchev–Trinajstić information content (AvgIpc) is 2.73. The van der Waals surface area contributed by atoms with Crippen LogP contribution in [0.5, 0.6) is 11.5 Å². The van der Waals surface area contributed by atoms with Crippen molar-refractivity contribution in [2.75, 3.05) is 31.6 Å². The molecule has 6 nitrogen and oxygen atoms in total. The molecule has 1 fully saturated rings. The van der Waals surface area contributed by atoms with Gasteiger partial charge in [-0.1, -0.05) is 36.4 Å². The van der Waals surface area contributed by atoms with Crippen molar-refractivity contribution in [2.45, 2.75) is 19.3 Å². The highest BCUT2D eigenvalue weighted by Crippen LogP contribution is 2.36. The number of hydrogen-bond donors (Lipinski definition) is 1. The third kappa shape index (κ3) is 4.27. The van der Waals surface area contributed by atoms with Crippen LogP contribution < -0.4 is 14.8 Å². The first-order valence-electron chi connectivity index (χ1n) is 9.69. The maximum absolute atomic E-state index is 12.6. The van der Waals surface area contributed by atoms with E-state index >= 15 is 0 Å². The van der Waals surface area contributed by atoms with E-state index in [0.29, 0.717) is 23.1 Å². The van der Waals surface area contributed by atoms with E-state index in [0.717, 1.165) is 32.4 Å². The number of nitrogens with zero attached hydrogens (tertiary/aromatic N) is 1. The second kappa shape index (κ2) is 8.33. The summed E-state index contributed by atoms with van der Waals surface area (Å²) in [6.07, 6.45) is 3.08. The van der Waals surface area contributed by atoms with Crippen LogP contribution in [0.15, 0.2) is 48.5 Å². The van der Waals surface area contributed by atoms with E-state index in [1.807, 2.05) is 11.0 Å². The molecule has 0 bridgehead atoms. The maximum Gasteiger partial charge on any atom is 0.262 e. The fourth-order valence-corrected chi connectivity index (χ4v) is 3.76. The zero-order valence-electron chi connectivity index (χ0n) is 15.7. The molecule has 6 heteroatoms. The number of fused-ring (bicyclic) bond motifs is 1. The summed E-state index contributed by atoms with van der Waals surface area (Å²) in [4.78, 5) is 26.0. The molecular weight excluding hydrogens is 356 g/mol. The molecule has 0 atom stereocenters. The van der Waals surface area contributed by atoms with E-state index in [1.165, 1.54) is 5.56 Å². The maximum atomic E-state index is 12.6. The van der Waals surface area contributed by atoms with Crippen molar-refractivity contribution in [3.8, 4) is 11.5 Å². The largest absolute Gasteiger partial charge is 0.481 e. The third-order valence-electron chi connectivity index (χ3n) is 5.30. The number of carbonyl (C=O) groups excluding carboxylic acids is 2. The molecule has 4 rings (SSSR count). The summed E-state index contributed by atoms with van der Waals surface area (Å²) in [6.45, 7) is 1.46. The van der Waals surface area contributed by atoms with Crippen molar-refractivity contribution in [3.63, 3.8) is 0 Å². The summed E-state index contributed by atoms with van der Waals surface area (Å²) in [5, 5.41) is 2.75. The third-order valence-corrected chi connectivity index (χ3v) is 5.30. The summed E-state index contributed by atoms with van der Waals surface area (Å²) in [7, 11) is 0. The normalized spacial score (nSPS) is 16.7. The van der Waals surface area contributed by atoms with Gasteiger partial charge < -0.3 is 19.7 Å². The van der Waals surface area contributed by atoms with Crippen LogP contribution in [0.2, 0.25) is 0 Å². The quantitative estimate of drug-likeness (QED) is 0.866. The Balaban J connectivity index is 1.28. The van der Waals surface area contributed by atoms with Crippen molar-refractivity contribution in [1.82, 2.24) is 4.90 Å². The number of anilines is 1. The second-order valence-corrected chi connectivity index (χ2v) is 7.27. The number of amides is 2. The standard InChI is InChI=1S/C22H24N2O4/c25-20-14-27-18-7-4-8-19(22(18)23-20)28-15-21(26)24-11-9-17(10-12-24)13-16-5-2-1-3-6-16/h1-8,17H,9-15H2,(H,23,25). The fraction of sp³-hybridized carbons (Fsp3) is 0.364. The Morgan fingerprint density at radius 2 is 1.89 bits per heavy atom. The Hall–Kier alpha value is -3.02. The van der Waals surface area contributed by atoms with Gasteiger partial charge in [0.05, 0.1) is 0 Å². The lowest BCUT2D eigenvalue weighted by Gasteiger charge is -2.32. The molecule has 2 aliphatic heterocycles. The molecule has 0 saturated carbocycles. The summed E-state index contributed by atoms with van der Waals surface area (Å²) in [5.74, 6) is 1.37. The van der Waals surface area contributed by atoms with Crippen LogP contribution >= 0.6 is 0 Å². The van der Waals surface area contributed by atoms with Crippen molar-refractivity contribution in [1.29, 1.82) is 0 Å². The predicted molar refractivity (Wildman–Crippen MR) is 106 cm³/mol. The molecule has 0 spiro atoms. The van der Waals surface area contributed by atoms with E-state index in [9.17, 15) is 9.59 Å². The predicted octanol–water partition coefficient (Wildman–Crippen LogP) is 2.88. The van der Waals surface area contributed by atoms with E-state index < -0.39 is 0 Å². The van der Waals surface area contributed by atoms with Crippen molar-refractivity contribution in [3.05, 3.63) is 54.1 Å². The first kappa shape index (κ1) is 18.3. The Kier molecular flexibility index (Phi) is 5.46. The summed E-state index contributed by atoms with van der Waals surface area (Å²) in [5.41, 5.74) is 1.85. The number of rotatable bonds is 5. The summed E-state index contributed by atoms with van der Waals surface area (Å²) < 4.78 is 11.1. The van der Waals surface area contributed by atoms with Gasteiger partial charge in [-0.25, -0.2) is 0 Å². The second-order valence-electron chi connectivity index (χ2n) is 7.27. The molecule has 1 N–H and O–H groups in total. The number of nitrogens with one attached hydrogen (secondary N) is 1. The Bertz CT molecular complexity index is 845. The van der Waals surface area contributed by atoms with Gasteiger partial charge >= 0.3 is 0 Å². The minimum Gasteiger partial charge on any atom is -0.481 e. The molecular formula is C22H24N2O4. The Labute approximate surface area is 164 Å². The van der Waals surface area contributed by atoms with Crippen molar-refractivity contribution in [2.24, 2.45) is 5.92 Å². The van der Waals surface area contributed by atoms with Crippen molar-refractivity contribution >= 4 is 17.5 Å². The molecule has 0 aromatic heterocycles. The highest BCUT2D eigenvalue weighted by molar-refractivity contribution is 5.97. The van der Waals surface area contributed by atoms with Gasteiger partial charge in [-0.2, -0.15) is 0 Å². The van der Waals surface area contributed by atoms with Gasteiger partial charge in [-0.15, -0.1) is 0 Å². The van der Waals surface area contributed by atoms with Crippen LogP contribution in [0.25, 0.3) is 0 Å². The lowest BCUT2D eigenvalue weighted by atomic mass is 9.90. The summed E-state index contributed by atoms with van der Waals surface area (Å²) >= 11 is 0. The van der Waals surface area contributed by atoms with Gasteiger partial charge in [0.1, 0.15) is 17.2 Å². The molecule has 2 aromatic rings. The monoisotopic (exact) mass is 380 g/mol. The van der Waals surface area contributed by atoms with E-state index in [1.54, 1.807) is 18.2 Å². The number of carbonyl (C=O) groups is 2. The zero-order chi connectivity index (χ0) is 19.3. The number of ether oxygens (including phenoxy) is 2. The topological polar surface area (TPSA) is 67.9 Å². The molecule has 0 radical (unpaired) electrons. The van der Waals surface area contributed by atoms with Crippen LogP contribution in [0.3, 0.4) is 0 Å². The number of piperidine rings is 1. The van der Waals surface area contributed by atoms with Crippen LogP contribution in [-0.2, 0) is 16.0 Å². The molecule has 2 heterocycles. The van der Waals surface area contributed by atoms with Gasteiger partial charge in [0.2, 0.25) is 0 Å². The molecule has 0 unspecified atom stereocenters. The molecule has 0 aliphatic carbocycles. The van der Waals surface area contributed by atoms with Crippen LogP contribution in [0.1, 0.15) is 18.4 Å². The van der Waals surface area contributed by atoms with Gasteiger partial charge in [-0.05, 0) is 42.9 Å². The van der Waals surface area contributed by atoms with E-state index in [-0.39, 0.29) is 25.0 Å². The molecule has 1 saturated heterocycles. The van der Waals surface area contributed by atoms with Gasteiger partial charge in [0.25, 0.3) is 11.8 Å². The van der Waals surface area contributed by atoms with Gasteiger partial charge in [0, 0.05) is 13.1 Å². The lowest BCUT2D eigenvalue weighted by Crippen LogP contribution is -2.41. The number of likely N-dealkylation sites (tertiary alicyclic amines) is 1. The Morgan fingerprint density at radius 1 is 1.11 bits per heavy atom.